The Morgan fingerprint density at radius 2 is 1.79 bits per heavy atom. The fourth-order valence-corrected chi connectivity index (χ4v) is 3.83. The third-order valence-corrected chi connectivity index (χ3v) is 5.19. The first kappa shape index (κ1) is 17.9. The van der Waals surface area contributed by atoms with Gasteiger partial charge in [0.15, 0.2) is 0 Å². The molecule has 28 heavy (non-hydrogen) atoms. The Balaban J connectivity index is 1.72. The topological polar surface area (TPSA) is 62.3 Å². The number of carbonyl (C=O) groups excluding carboxylic acids is 2. The van der Waals surface area contributed by atoms with E-state index in [9.17, 15) is 9.59 Å². The molecular weight excluding hydrogens is 350 g/mol. The van der Waals surface area contributed by atoms with Crippen LogP contribution in [0.5, 0.6) is 0 Å². The van der Waals surface area contributed by atoms with Gasteiger partial charge in [-0.2, -0.15) is 0 Å². The van der Waals surface area contributed by atoms with E-state index in [1.807, 2.05) is 60.7 Å². The Morgan fingerprint density at radius 3 is 2.54 bits per heavy atom. The first-order valence-corrected chi connectivity index (χ1v) is 9.24. The van der Waals surface area contributed by atoms with E-state index in [1.54, 1.807) is 30.4 Å². The van der Waals surface area contributed by atoms with Crippen LogP contribution in [-0.2, 0) is 11.3 Å². The number of nitrogens with one attached hydrogen (secondary N) is 1. The largest absolute Gasteiger partial charge is 0.351 e. The molecule has 0 saturated carbocycles. The van der Waals surface area contributed by atoms with Gasteiger partial charge in [0.1, 0.15) is 0 Å². The average molecular weight is 371 g/mol. The summed E-state index contributed by atoms with van der Waals surface area (Å²) >= 11 is 0. The van der Waals surface area contributed by atoms with Gasteiger partial charge < -0.3 is 10.2 Å². The molecule has 1 N–H and O–H groups in total. The van der Waals surface area contributed by atoms with Crippen LogP contribution in [-0.4, -0.2) is 28.7 Å². The van der Waals surface area contributed by atoms with Gasteiger partial charge in [-0.25, -0.2) is 0 Å². The summed E-state index contributed by atoms with van der Waals surface area (Å²) in [4.78, 5) is 32.0. The summed E-state index contributed by atoms with van der Waals surface area (Å²) in [6, 6.07) is 20.5. The highest BCUT2D eigenvalue weighted by Crippen LogP contribution is 2.41. The number of hydrogen-bond acceptors (Lipinski definition) is 3. The molecule has 1 aliphatic heterocycles. The van der Waals surface area contributed by atoms with Gasteiger partial charge in [0.05, 0.1) is 12.0 Å². The maximum Gasteiger partial charge on any atom is 0.254 e. The van der Waals surface area contributed by atoms with Crippen LogP contribution in [0.1, 0.15) is 39.0 Å². The smallest absolute Gasteiger partial charge is 0.254 e. The zero-order chi connectivity index (χ0) is 19.5. The third kappa shape index (κ3) is 3.27. The van der Waals surface area contributed by atoms with E-state index in [1.165, 1.54) is 0 Å². The van der Waals surface area contributed by atoms with Crippen LogP contribution in [0, 0.1) is 0 Å². The molecule has 2 amide bonds. The second-order valence-electron chi connectivity index (χ2n) is 6.92. The molecule has 1 aromatic heterocycles. The van der Waals surface area contributed by atoms with Crippen molar-refractivity contribution in [1.82, 2.24) is 15.2 Å². The lowest BCUT2D eigenvalue weighted by molar-refractivity contribution is -0.124. The van der Waals surface area contributed by atoms with Crippen molar-refractivity contribution in [3.05, 3.63) is 101 Å². The molecule has 0 fully saturated rings. The standard InChI is InChI=1S/C23H21N3O2/c1-26-21(17-9-3-2-4-10-17)20(18-11-5-6-12-19(18)23(26)28)22(27)25-15-16-8-7-13-24-14-16/h2-14,20-21H,15H2,1H3,(H,25,27)/t20-,21-/m0/s1. The maximum atomic E-state index is 13.3. The van der Waals surface area contributed by atoms with E-state index in [0.717, 1.165) is 16.7 Å². The Morgan fingerprint density at radius 1 is 1.04 bits per heavy atom. The van der Waals surface area contributed by atoms with Crippen LogP contribution in [0.25, 0.3) is 0 Å². The first-order valence-electron chi connectivity index (χ1n) is 9.24. The van der Waals surface area contributed by atoms with Crippen LogP contribution in [0.3, 0.4) is 0 Å². The first-order chi connectivity index (χ1) is 13.7. The van der Waals surface area contributed by atoms with Gasteiger partial charge in [-0.05, 0) is 28.8 Å². The summed E-state index contributed by atoms with van der Waals surface area (Å²) in [6.07, 6.45) is 3.44. The summed E-state index contributed by atoms with van der Waals surface area (Å²) in [6.45, 7) is 0.393. The Labute approximate surface area is 164 Å². The molecule has 4 rings (SSSR count). The lowest BCUT2D eigenvalue weighted by Gasteiger charge is -2.39. The van der Waals surface area contributed by atoms with Crippen molar-refractivity contribution in [2.45, 2.75) is 18.5 Å². The molecule has 5 nitrogen and oxygen atoms in total. The highest BCUT2D eigenvalue weighted by atomic mass is 16.2. The minimum atomic E-state index is -0.488. The highest BCUT2D eigenvalue weighted by molar-refractivity contribution is 6.01. The van der Waals surface area contributed by atoms with Crippen LogP contribution in [0.15, 0.2) is 79.1 Å². The molecule has 2 aromatic carbocycles. The number of carbonyl (C=O) groups is 2. The summed E-state index contributed by atoms with van der Waals surface area (Å²) in [5, 5.41) is 3.03. The van der Waals surface area contributed by atoms with E-state index in [4.69, 9.17) is 0 Å². The van der Waals surface area contributed by atoms with Crippen molar-refractivity contribution in [3.8, 4) is 0 Å². The molecule has 0 spiro atoms. The number of hydrogen-bond donors (Lipinski definition) is 1. The minimum Gasteiger partial charge on any atom is -0.351 e. The molecule has 3 aromatic rings. The van der Waals surface area contributed by atoms with E-state index < -0.39 is 5.92 Å². The number of nitrogens with zero attached hydrogens (tertiary/aromatic N) is 2. The molecule has 0 unspecified atom stereocenters. The fraction of sp³-hybridized carbons (Fsp3) is 0.174. The van der Waals surface area contributed by atoms with Gasteiger partial charge in [-0.1, -0.05) is 54.6 Å². The predicted molar refractivity (Wildman–Crippen MR) is 107 cm³/mol. The molecule has 140 valence electrons. The van der Waals surface area contributed by atoms with Gasteiger partial charge in [0.2, 0.25) is 5.91 Å². The Hall–Kier alpha value is -3.47. The quantitative estimate of drug-likeness (QED) is 0.765. The summed E-state index contributed by atoms with van der Waals surface area (Å²) < 4.78 is 0. The summed E-state index contributed by atoms with van der Waals surface area (Å²) in [7, 11) is 1.76. The maximum absolute atomic E-state index is 13.3. The van der Waals surface area contributed by atoms with Crippen LogP contribution in [0.2, 0.25) is 0 Å². The summed E-state index contributed by atoms with van der Waals surface area (Å²) in [5.74, 6) is -0.664. The second kappa shape index (κ2) is 7.64. The zero-order valence-electron chi connectivity index (χ0n) is 15.6. The molecule has 0 radical (unpaired) electrons. The monoisotopic (exact) mass is 371 g/mol. The number of rotatable bonds is 4. The highest BCUT2D eigenvalue weighted by Gasteiger charge is 2.42. The molecule has 1 aliphatic rings. The van der Waals surface area contributed by atoms with Crippen LogP contribution < -0.4 is 5.32 Å². The number of likely N-dealkylation sites (N-methyl/N-ethyl adjacent to an activating group) is 1. The molecule has 2 heterocycles. The van der Waals surface area contributed by atoms with Gasteiger partial charge in [0, 0.05) is 31.5 Å². The van der Waals surface area contributed by atoms with Crippen molar-refractivity contribution in [3.63, 3.8) is 0 Å². The SMILES string of the molecule is CN1C(=O)c2ccccc2[C@H](C(=O)NCc2cccnc2)[C@@H]1c1ccccc1. The van der Waals surface area contributed by atoms with E-state index in [2.05, 4.69) is 10.3 Å². The van der Waals surface area contributed by atoms with Crippen molar-refractivity contribution in [1.29, 1.82) is 0 Å². The van der Waals surface area contributed by atoms with Crippen molar-refractivity contribution < 1.29 is 9.59 Å². The van der Waals surface area contributed by atoms with Gasteiger partial charge >= 0.3 is 0 Å². The molecule has 0 saturated heterocycles. The Kier molecular flexibility index (Phi) is 4.89. The number of benzene rings is 2. The lowest BCUT2D eigenvalue weighted by atomic mass is 9.79. The van der Waals surface area contributed by atoms with E-state index in [0.29, 0.717) is 12.1 Å². The minimum absolute atomic E-state index is 0.0687. The Bertz CT molecular complexity index is 989. The number of aromatic nitrogens is 1. The van der Waals surface area contributed by atoms with E-state index >= 15 is 0 Å². The van der Waals surface area contributed by atoms with Crippen molar-refractivity contribution in [2.24, 2.45) is 0 Å². The molecule has 0 aliphatic carbocycles. The number of amides is 2. The van der Waals surface area contributed by atoms with Gasteiger partial charge in [-0.15, -0.1) is 0 Å². The molecule has 2 atom stereocenters. The van der Waals surface area contributed by atoms with Gasteiger partial charge in [-0.3, -0.25) is 14.6 Å². The van der Waals surface area contributed by atoms with Crippen molar-refractivity contribution in [2.75, 3.05) is 7.05 Å². The van der Waals surface area contributed by atoms with Gasteiger partial charge in [0.25, 0.3) is 5.91 Å². The molecule has 0 bridgehead atoms. The van der Waals surface area contributed by atoms with Crippen LogP contribution in [0.4, 0.5) is 0 Å². The summed E-state index contributed by atoms with van der Waals surface area (Å²) in [5.41, 5.74) is 3.22. The normalized spacial score (nSPS) is 18.5. The zero-order valence-corrected chi connectivity index (χ0v) is 15.6. The van der Waals surface area contributed by atoms with E-state index in [-0.39, 0.29) is 17.9 Å². The molecular formula is C23H21N3O2. The number of pyridine rings is 1. The third-order valence-electron chi connectivity index (χ3n) is 5.19. The van der Waals surface area contributed by atoms with Crippen LogP contribution >= 0.6 is 0 Å². The number of fused-ring (bicyclic) bond motifs is 1. The molecule has 5 heteroatoms. The lowest BCUT2D eigenvalue weighted by Crippen LogP contribution is -2.45. The fourth-order valence-electron chi connectivity index (χ4n) is 3.83. The predicted octanol–water partition coefficient (Wildman–Crippen LogP) is 3.31. The average Bonchev–Trinajstić information content (AvgIpc) is 2.75. The van der Waals surface area contributed by atoms with Crippen molar-refractivity contribution >= 4 is 11.8 Å². The second-order valence-corrected chi connectivity index (χ2v) is 6.92.